The van der Waals surface area contributed by atoms with Crippen molar-refractivity contribution in [3.63, 3.8) is 0 Å². The fourth-order valence-corrected chi connectivity index (χ4v) is 1.69. The van der Waals surface area contributed by atoms with Gasteiger partial charge in [0.15, 0.2) is 0 Å². The molecule has 0 saturated carbocycles. The van der Waals surface area contributed by atoms with E-state index in [1.165, 1.54) is 5.39 Å². The van der Waals surface area contributed by atoms with Crippen LogP contribution in [0.2, 0.25) is 0 Å². The van der Waals surface area contributed by atoms with Crippen molar-refractivity contribution in [3.05, 3.63) is 42.1 Å². The zero-order chi connectivity index (χ0) is 10.9. The van der Waals surface area contributed by atoms with E-state index in [0.717, 1.165) is 17.0 Å². The van der Waals surface area contributed by atoms with Crippen LogP contribution >= 0.6 is 12.6 Å². The van der Waals surface area contributed by atoms with Gasteiger partial charge in [0.2, 0.25) is 0 Å². The van der Waals surface area contributed by atoms with E-state index >= 15 is 0 Å². The number of nitrogens with zero attached hydrogens (tertiary/aromatic N) is 1. The van der Waals surface area contributed by atoms with Crippen LogP contribution in [0.1, 0.15) is 19.5 Å². The number of fused-ring (bicyclic) bond motifs is 1. The quantitative estimate of drug-likeness (QED) is 0.760. The second kappa shape index (κ2) is 3.86. The predicted octanol–water partition coefficient (Wildman–Crippen LogP) is 3.44. The van der Waals surface area contributed by atoms with E-state index in [1.807, 2.05) is 18.2 Å². The smallest absolute Gasteiger partial charge is 0.0705 e. The lowest BCUT2D eigenvalue weighted by atomic mass is 9.91. The van der Waals surface area contributed by atoms with Crippen molar-refractivity contribution < 1.29 is 0 Å². The Morgan fingerprint density at radius 1 is 1.13 bits per heavy atom. The van der Waals surface area contributed by atoms with Crippen molar-refractivity contribution >= 4 is 23.5 Å². The Morgan fingerprint density at radius 3 is 2.60 bits per heavy atom. The van der Waals surface area contributed by atoms with Crippen LogP contribution in [0.4, 0.5) is 0 Å². The van der Waals surface area contributed by atoms with Gasteiger partial charge < -0.3 is 0 Å². The highest BCUT2D eigenvalue weighted by Gasteiger charge is 2.20. The summed E-state index contributed by atoms with van der Waals surface area (Å²) in [5, 5.41) is 1.19. The Labute approximate surface area is 95.9 Å². The fraction of sp³-hybridized carbons (Fsp3) is 0.308. The van der Waals surface area contributed by atoms with Gasteiger partial charge in [-0.2, -0.15) is 12.6 Å². The van der Waals surface area contributed by atoms with Crippen LogP contribution in [0.3, 0.4) is 0 Å². The summed E-state index contributed by atoms with van der Waals surface area (Å²) in [6.45, 7) is 4.33. The Balaban J connectivity index is 2.56. The molecule has 0 amide bonds. The maximum atomic E-state index is 4.67. The van der Waals surface area contributed by atoms with Crippen LogP contribution in [-0.4, -0.2) is 10.7 Å². The summed E-state index contributed by atoms with van der Waals surface area (Å²) in [6.07, 6.45) is 0. The number of hydrogen-bond donors (Lipinski definition) is 1. The topological polar surface area (TPSA) is 12.9 Å². The summed E-state index contributed by atoms with van der Waals surface area (Å²) in [5.41, 5.74) is 2.20. The van der Waals surface area contributed by atoms with Crippen molar-refractivity contribution in [2.45, 2.75) is 19.3 Å². The van der Waals surface area contributed by atoms with Crippen LogP contribution in [0, 0.1) is 0 Å². The molecular formula is C13H15NS. The third-order valence-corrected chi connectivity index (χ3v) is 3.48. The normalized spacial score (nSPS) is 11.9. The van der Waals surface area contributed by atoms with Gasteiger partial charge in [-0.3, -0.25) is 4.98 Å². The molecular weight excluding hydrogens is 202 g/mol. The number of benzene rings is 1. The molecule has 1 aromatic carbocycles. The minimum Gasteiger partial charge on any atom is -0.252 e. The highest BCUT2D eigenvalue weighted by molar-refractivity contribution is 7.80. The summed E-state index contributed by atoms with van der Waals surface area (Å²) in [4.78, 5) is 4.67. The number of thiol groups is 1. The van der Waals surface area contributed by atoms with Crippen molar-refractivity contribution in [1.82, 2.24) is 4.98 Å². The van der Waals surface area contributed by atoms with E-state index in [0.29, 0.717) is 0 Å². The maximum absolute atomic E-state index is 4.67. The third-order valence-electron chi connectivity index (χ3n) is 2.69. The van der Waals surface area contributed by atoms with E-state index < -0.39 is 0 Å². The van der Waals surface area contributed by atoms with Gasteiger partial charge in [-0.1, -0.05) is 38.1 Å². The molecule has 0 unspecified atom stereocenters. The molecule has 0 saturated heterocycles. The van der Waals surface area contributed by atoms with Crippen molar-refractivity contribution in [3.8, 4) is 0 Å². The molecule has 0 N–H and O–H groups in total. The average Bonchev–Trinajstić information content (AvgIpc) is 2.28. The Morgan fingerprint density at radius 2 is 1.87 bits per heavy atom. The van der Waals surface area contributed by atoms with E-state index in [-0.39, 0.29) is 5.41 Å². The lowest BCUT2D eigenvalue weighted by Gasteiger charge is -2.21. The third kappa shape index (κ3) is 2.00. The Bertz CT molecular complexity index is 477. The maximum Gasteiger partial charge on any atom is 0.0705 e. The van der Waals surface area contributed by atoms with Gasteiger partial charge in [-0.25, -0.2) is 0 Å². The zero-order valence-corrected chi connectivity index (χ0v) is 9.96. The molecule has 15 heavy (non-hydrogen) atoms. The van der Waals surface area contributed by atoms with Gasteiger partial charge in [-0.05, 0) is 12.1 Å². The molecule has 0 aliphatic carbocycles. The number of para-hydroxylation sites is 1. The molecule has 0 radical (unpaired) electrons. The first-order valence-corrected chi connectivity index (χ1v) is 5.74. The molecule has 2 heteroatoms. The average molecular weight is 217 g/mol. The molecule has 0 atom stereocenters. The molecule has 0 aliphatic heterocycles. The molecule has 1 heterocycles. The largest absolute Gasteiger partial charge is 0.252 e. The summed E-state index contributed by atoms with van der Waals surface area (Å²) < 4.78 is 0. The second-order valence-corrected chi connectivity index (χ2v) is 4.75. The highest BCUT2D eigenvalue weighted by Crippen LogP contribution is 2.24. The van der Waals surface area contributed by atoms with E-state index in [2.05, 4.69) is 49.7 Å². The number of rotatable bonds is 2. The van der Waals surface area contributed by atoms with Crippen molar-refractivity contribution in [1.29, 1.82) is 0 Å². The first kappa shape index (κ1) is 10.5. The molecule has 0 spiro atoms. The van der Waals surface area contributed by atoms with Crippen LogP contribution in [0.25, 0.3) is 10.9 Å². The Kier molecular flexibility index (Phi) is 2.70. The molecule has 2 rings (SSSR count). The molecule has 0 bridgehead atoms. The Hall–Kier alpha value is -1.02. The molecule has 2 aromatic rings. The van der Waals surface area contributed by atoms with E-state index in [9.17, 15) is 0 Å². The standard InChI is InChI=1S/C13H15NS/c1-13(2,9-15)12-8-7-10-5-3-4-6-11(10)14-12/h3-8,15H,9H2,1-2H3. The van der Waals surface area contributed by atoms with Gasteiger partial charge in [0.05, 0.1) is 5.52 Å². The molecule has 1 aromatic heterocycles. The summed E-state index contributed by atoms with van der Waals surface area (Å²) in [7, 11) is 0. The minimum absolute atomic E-state index is 0.0349. The first-order chi connectivity index (χ1) is 7.13. The van der Waals surface area contributed by atoms with Crippen LogP contribution in [0.5, 0.6) is 0 Å². The number of hydrogen-bond acceptors (Lipinski definition) is 2. The van der Waals surface area contributed by atoms with Crippen LogP contribution in [-0.2, 0) is 5.41 Å². The molecule has 1 nitrogen and oxygen atoms in total. The van der Waals surface area contributed by atoms with E-state index in [1.54, 1.807) is 0 Å². The second-order valence-electron chi connectivity index (χ2n) is 4.43. The van der Waals surface area contributed by atoms with Crippen LogP contribution in [0.15, 0.2) is 36.4 Å². The summed E-state index contributed by atoms with van der Waals surface area (Å²) >= 11 is 4.37. The molecule has 0 fully saturated rings. The first-order valence-electron chi connectivity index (χ1n) is 5.11. The summed E-state index contributed by atoms with van der Waals surface area (Å²) in [6, 6.07) is 12.4. The zero-order valence-electron chi connectivity index (χ0n) is 9.07. The van der Waals surface area contributed by atoms with Crippen molar-refractivity contribution in [2.24, 2.45) is 0 Å². The minimum atomic E-state index is 0.0349. The highest BCUT2D eigenvalue weighted by atomic mass is 32.1. The van der Waals surface area contributed by atoms with Gasteiger partial charge in [0.1, 0.15) is 0 Å². The SMILES string of the molecule is CC(C)(CS)c1ccc2ccccc2n1. The molecule has 78 valence electrons. The number of aromatic nitrogens is 1. The van der Waals surface area contributed by atoms with E-state index in [4.69, 9.17) is 0 Å². The van der Waals surface area contributed by atoms with Gasteiger partial charge in [0, 0.05) is 22.2 Å². The number of pyridine rings is 1. The summed E-state index contributed by atoms with van der Waals surface area (Å²) in [5.74, 6) is 0.804. The lowest BCUT2D eigenvalue weighted by Crippen LogP contribution is -2.20. The predicted molar refractivity (Wildman–Crippen MR) is 68.6 cm³/mol. The van der Waals surface area contributed by atoms with Gasteiger partial charge >= 0.3 is 0 Å². The van der Waals surface area contributed by atoms with Crippen LogP contribution < -0.4 is 0 Å². The van der Waals surface area contributed by atoms with Gasteiger partial charge in [-0.15, -0.1) is 0 Å². The van der Waals surface area contributed by atoms with Gasteiger partial charge in [0.25, 0.3) is 0 Å². The monoisotopic (exact) mass is 217 g/mol. The van der Waals surface area contributed by atoms with Crippen molar-refractivity contribution in [2.75, 3.05) is 5.75 Å². The lowest BCUT2D eigenvalue weighted by molar-refractivity contribution is 0.584. The fourth-order valence-electron chi connectivity index (χ4n) is 1.52. The molecule has 0 aliphatic rings.